The van der Waals surface area contributed by atoms with Gasteiger partial charge in [0, 0.05) is 11.6 Å². The van der Waals surface area contributed by atoms with Gasteiger partial charge in [-0.15, -0.1) is 0 Å². The summed E-state index contributed by atoms with van der Waals surface area (Å²) in [5.41, 5.74) is 1.66. The number of aliphatic carboxylic acids is 1. The maximum absolute atomic E-state index is 13.0. The average molecular weight is 490 g/mol. The lowest BCUT2D eigenvalue weighted by atomic mass is 10.1. The van der Waals surface area contributed by atoms with E-state index in [0.717, 1.165) is 11.1 Å². The fraction of sp³-hybridized carbons (Fsp3) is 0.208. The van der Waals surface area contributed by atoms with Crippen LogP contribution in [0.15, 0.2) is 82.6 Å². The number of carboxylic acids is 1. The van der Waals surface area contributed by atoms with Crippen molar-refractivity contribution in [3.05, 3.63) is 88.9 Å². The zero-order valence-electron chi connectivity index (χ0n) is 17.6. The van der Waals surface area contributed by atoms with Gasteiger partial charge in [0.2, 0.25) is 9.84 Å². The van der Waals surface area contributed by atoms with Crippen LogP contribution in [-0.4, -0.2) is 44.3 Å². The molecule has 0 aromatic heterocycles. The van der Waals surface area contributed by atoms with Gasteiger partial charge in [0.25, 0.3) is 0 Å². The SMILES string of the molecule is O=C(O)COc1ccccc1S(=O)(=O)c1ccc(CCNC[C@@H](O)c2cccc(Cl)c2)cc1. The quantitative estimate of drug-likeness (QED) is 0.353. The minimum atomic E-state index is -3.88. The molecule has 3 N–H and O–H groups in total. The molecule has 3 aromatic carbocycles. The van der Waals surface area contributed by atoms with Crippen LogP contribution in [0.2, 0.25) is 5.02 Å². The smallest absolute Gasteiger partial charge is 0.341 e. The number of aliphatic hydroxyl groups excluding tert-OH is 1. The van der Waals surface area contributed by atoms with E-state index in [9.17, 15) is 18.3 Å². The summed E-state index contributed by atoms with van der Waals surface area (Å²) < 4.78 is 31.2. The van der Waals surface area contributed by atoms with Gasteiger partial charge in [-0.3, -0.25) is 0 Å². The summed E-state index contributed by atoms with van der Waals surface area (Å²) in [6.45, 7) is 0.319. The van der Waals surface area contributed by atoms with Crippen LogP contribution in [-0.2, 0) is 21.1 Å². The standard InChI is InChI=1S/C24H24ClNO6S/c25-19-5-3-4-18(14-19)21(27)15-26-13-12-17-8-10-20(11-9-17)33(30,31)23-7-2-1-6-22(23)32-16-24(28)29/h1-11,14,21,26-27H,12-13,15-16H2,(H,28,29)/t21-/m1/s1. The van der Waals surface area contributed by atoms with E-state index in [-0.39, 0.29) is 15.5 Å². The molecule has 174 valence electrons. The third kappa shape index (κ3) is 6.79. The minimum Gasteiger partial charge on any atom is -0.481 e. The van der Waals surface area contributed by atoms with Gasteiger partial charge < -0.3 is 20.3 Å². The second-order valence-electron chi connectivity index (χ2n) is 7.30. The number of carbonyl (C=O) groups is 1. The Morgan fingerprint density at radius 2 is 1.76 bits per heavy atom. The van der Waals surface area contributed by atoms with Crippen molar-refractivity contribution in [2.45, 2.75) is 22.3 Å². The van der Waals surface area contributed by atoms with E-state index in [1.807, 2.05) is 6.07 Å². The Hall–Kier alpha value is -2.91. The highest BCUT2D eigenvalue weighted by Crippen LogP contribution is 2.29. The van der Waals surface area contributed by atoms with Gasteiger partial charge in [-0.1, -0.05) is 48.0 Å². The van der Waals surface area contributed by atoms with E-state index < -0.39 is 28.5 Å². The second kappa shape index (κ2) is 11.3. The first-order chi connectivity index (χ1) is 15.8. The fourth-order valence-corrected chi connectivity index (χ4v) is 4.79. The van der Waals surface area contributed by atoms with E-state index in [1.165, 1.54) is 24.3 Å². The minimum absolute atomic E-state index is 0.00793. The number of hydrogen-bond acceptors (Lipinski definition) is 6. The lowest BCUT2D eigenvalue weighted by Gasteiger charge is -2.13. The van der Waals surface area contributed by atoms with Crippen molar-refractivity contribution < 1.29 is 28.2 Å². The summed E-state index contributed by atoms with van der Waals surface area (Å²) in [5, 5.41) is 22.8. The molecule has 3 aromatic rings. The van der Waals surface area contributed by atoms with E-state index >= 15 is 0 Å². The summed E-state index contributed by atoms with van der Waals surface area (Å²) in [6, 6.07) is 19.5. The number of carboxylic acid groups (broad SMARTS) is 1. The maximum atomic E-state index is 13.0. The molecule has 0 fully saturated rings. The largest absolute Gasteiger partial charge is 0.481 e. The molecule has 33 heavy (non-hydrogen) atoms. The number of hydrogen-bond donors (Lipinski definition) is 3. The molecule has 0 aliphatic heterocycles. The van der Waals surface area contributed by atoms with Gasteiger partial charge in [-0.2, -0.15) is 0 Å². The molecule has 0 bridgehead atoms. The predicted octanol–water partition coefficient (Wildman–Crippen LogP) is 3.50. The van der Waals surface area contributed by atoms with Crippen LogP contribution in [0, 0.1) is 0 Å². The van der Waals surface area contributed by atoms with Gasteiger partial charge >= 0.3 is 5.97 Å². The Bertz CT molecular complexity index is 1200. The van der Waals surface area contributed by atoms with Gasteiger partial charge in [-0.25, -0.2) is 13.2 Å². The first-order valence-corrected chi connectivity index (χ1v) is 12.1. The summed E-state index contributed by atoms with van der Waals surface area (Å²) >= 11 is 5.95. The molecule has 3 rings (SSSR count). The van der Waals surface area contributed by atoms with Gasteiger partial charge in [-0.05, 0) is 60.5 Å². The Kier molecular flexibility index (Phi) is 8.46. The number of nitrogens with one attached hydrogen (secondary N) is 1. The molecule has 1 atom stereocenters. The normalized spacial score (nSPS) is 12.3. The first-order valence-electron chi connectivity index (χ1n) is 10.2. The average Bonchev–Trinajstić information content (AvgIpc) is 2.81. The van der Waals surface area contributed by atoms with E-state index in [4.69, 9.17) is 21.4 Å². The van der Waals surface area contributed by atoms with Crippen LogP contribution in [0.3, 0.4) is 0 Å². The van der Waals surface area contributed by atoms with Crippen molar-refractivity contribution in [2.24, 2.45) is 0 Å². The van der Waals surface area contributed by atoms with Crippen molar-refractivity contribution in [3.8, 4) is 5.75 Å². The fourth-order valence-electron chi connectivity index (χ4n) is 3.20. The molecule has 9 heteroatoms. The Morgan fingerprint density at radius 1 is 1.03 bits per heavy atom. The van der Waals surface area contributed by atoms with Crippen LogP contribution in [0.5, 0.6) is 5.75 Å². The highest BCUT2D eigenvalue weighted by molar-refractivity contribution is 7.91. The predicted molar refractivity (Wildman–Crippen MR) is 124 cm³/mol. The van der Waals surface area contributed by atoms with Crippen LogP contribution in [0.4, 0.5) is 0 Å². The van der Waals surface area contributed by atoms with E-state index in [2.05, 4.69) is 5.32 Å². The second-order valence-corrected chi connectivity index (χ2v) is 9.66. The number of rotatable bonds is 11. The molecule has 0 heterocycles. The van der Waals surface area contributed by atoms with Crippen LogP contribution in [0.1, 0.15) is 17.2 Å². The number of benzene rings is 3. The molecular weight excluding hydrogens is 466 g/mol. The third-order valence-corrected chi connectivity index (χ3v) is 6.93. The number of aliphatic hydroxyl groups is 1. The number of sulfone groups is 1. The molecule has 0 amide bonds. The summed E-state index contributed by atoms with van der Waals surface area (Å²) in [7, 11) is -3.88. The number of para-hydroxylation sites is 1. The molecule has 0 unspecified atom stereocenters. The van der Waals surface area contributed by atoms with E-state index in [0.29, 0.717) is 24.5 Å². The first kappa shape index (κ1) is 24.7. The molecule has 0 aliphatic carbocycles. The topological polar surface area (TPSA) is 113 Å². The highest BCUT2D eigenvalue weighted by atomic mass is 35.5. The molecule has 0 saturated heterocycles. The zero-order chi connectivity index (χ0) is 23.8. The summed E-state index contributed by atoms with van der Waals surface area (Å²) in [4.78, 5) is 10.8. The Labute approximate surface area is 197 Å². The van der Waals surface area contributed by atoms with Crippen molar-refractivity contribution in [2.75, 3.05) is 19.7 Å². The molecule has 0 aliphatic rings. The van der Waals surface area contributed by atoms with Gasteiger partial charge in [0.15, 0.2) is 6.61 Å². The number of halogens is 1. The molecule has 0 radical (unpaired) electrons. The summed E-state index contributed by atoms with van der Waals surface area (Å²) in [6.07, 6.45) is -0.0411. The van der Waals surface area contributed by atoms with Crippen LogP contribution < -0.4 is 10.1 Å². The highest BCUT2D eigenvalue weighted by Gasteiger charge is 2.22. The van der Waals surface area contributed by atoms with Gasteiger partial charge in [0.1, 0.15) is 10.6 Å². The lowest BCUT2D eigenvalue weighted by molar-refractivity contribution is -0.139. The summed E-state index contributed by atoms with van der Waals surface area (Å²) in [5.74, 6) is -1.20. The van der Waals surface area contributed by atoms with Crippen molar-refractivity contribution in [1.82, 2.24) is 5.32 Å². The monoisotopic (exact) mass is 489 g/mol. The zero-order valence-corrected chi connectivity index (χ0v) is 19.2. The third-order valence-electron chi connectivity index (χ3n) is 4.89. The molecule has 0 spiro atoms. The number of ether oxygens (including phenoxy) is 1. The molecule has 7 nitrogen and oxygen atoms in total. The lowest BCUT2D eigenvalue weighted by Crippen LogP contribution is -2.23. The Morgan fingerprint density at radius 3 is 2.45 bits per heavy atom. The van der Waals surface area contributed by atoms with Crippen molar-refractivity contribution in [3.63, 3.8) is 0 Å². The van der Waals surface area contributed by atoms with E-state index in [1.54, 1.807) is 42.5 Å². The Balaban J connectivity index is 1.59. The van der Waals surface area contributed by atoms with Crippen molar-refractivity contribution >= 4 is 27.4 Å². The molecular formula is C24H24ClNO6S. The van der Waals surface area contributed by atoms with Gasteiger partial charge in [0.05, 0.1) is 11.0 Å². The molecule has 0 saturated carbocycles. The van der Waals surface area contributed by atoms with Crippen molar-refractivity contribution in [1.29, 1.82) is 0 Å². The van der Waals surface area contributed by atoms with Crippen LogP contribution in [0.25, 0.3) is 0 Å². The maximum Gasteiger partial charge on any atom is 0.341 e. The van der Waals surface area contributed by atoms with Crippen LogP contribution >= 0.6 is 11.6 Å².